The van der Waals surface area contributed by atoms with E-state index < -0.39 is 5.97 Å². The van der Waals surface area contributed by atoms with Gasteiger partial charge in [-0.1, -0.05) is 18.2 Å². The van der Waals surface area contributed by atoms with Gasteiger partial charge in [-0.3, -0.25) is 4.79 Å². The van der Waals surface area contributed by atoms with Gasteiger partial charge in [0.1, 0.15) is 12.7 Å². The van der Waals surface area contributed by atoms with Gasteiger partial charge in [-0.25, -0.2) is 9.67 Å². The van der Waals surface area contributed by atoms with E-state index in [1.165, 1.54) is 6.33 Å². The lowest BCUT2D eigenvalue weighted by atomic mass is 10.3. The summed E-state index contributed by atoms with van der Waals surface area (Å²) in [5.41, 5.74) is 0.863. The van der Waals surface area contributed by atoms with Crippen molar-refractivity contribution >= 4 is 5.97 Å². The summed E-state index contributed by atoms with van der Waals surface area (Å²) >= 11 is 0. The lowest BCUT2D eigenvalue weighted by Gasteiger charge is -1.97. The Morgan fingerprint density at radius 1 is 1.33 bits per heavy atom. The topological polar surface area (TPSA) is 68.0 Å². The molecule has 1 N–H and O–H groups in total. The van der Waals surface area contributed by atoms with Crippen LogP contribution in [0.4, 0.5) is 0 Å². The van der Waals surface area contributed by atoms with E-state index in [2.05, 4.69) is 10.1 Å². The second kappa shape index (κ2) is 3.91. The second-order valence-corrected chi connectivity index (χ2v) is 3.01. The Kier molecular flexibility index (Phi) is 2.45. The number of benzene rings is 1. The lowest BCUT2D eigenvalue weighted by molar-refractivity contribution is -0.136. The normalized spacial score (nSPS) is 10.1. The van der Waals surface area contributed by atoms with Crippen molar-refractivity contribution < 1.29 is 9.90 Å². The van der Waals surface area contributed by atoms with Crippen molar-refractivity contribution in [3.63, 3.8) is 0 Å². The first-order chi connectivity index (χ1) is 7.25. The molecule has 0 fully saturated rings. The molecule has 2 rings (SSSR count). The Labute approximate surface area is 86.0 Å². The van der Waals surface area contributed by atoms with E-state index in [1.807, 2.05) is 30.3 Å². The lowest BCUT2D eigenvalue weighted by Crippen LogP contribution is -2.03. The smallest absolute Gasteiger partial charge is 0.311 e. The molecule has 15 heavy (non-hydrogen) atoms. The predicted molar refractivity (Wildman–Crippen MR) is 52.7 cm³/mol. The summed E-state index contributed by atoms with van der Waals surface area (Å²) in [5.74, 6) is -0.618. The van der Waals surface area contributed by atoms with Gasteiger partial charge in [0.25, 0.3) is 0 Å². The van der Waals surface area contributed by atoms with Crippen molar-refractivity contribution in [2.75, 3.05) is 0 Å². The van der Waals surface area contributed by atoms with Crippen LogP contribution in [-0.2, 0) is 11.2 Å². The summed E-state index contributed by atoms with van der Waals surface area (Å²) in [4.78, 5) is 14.3. The van der Waals surface area contributed by atoms with Gasteiger partial charge < -0.3 is 5.11 Å². The van der Waals surface area contributed by atoms with Gasteiger partial charge in [0, 0.05) is 0 Å². The van der Waals surface area contributed by atoms with Crippen LogP contribution in [-0.4, -0.2) is 25.8 Å². The minimum Gasteiger partial charge on any atom is -0.481 e. The molecule has 0 aliphatic rings. The van der Waals surface area contributed by atoms with Gasteiger partial charge in [0.2, 0.25) is 0 Å². The Bertz CT molecular complexity index is 465. The maximum absolute atomic E-state index is 10.4. The second-order valence-electron chi connectivity index (χ2n) is 3.01. The van der Waals surface area contributed by atoms with Crippen molar-refractivity contribution in [1.29, 1.82) is 0 Å². The fraction of sp³-hybridized carbons (Fsp3) is 0.100. The molecule has 0 atom stereocenters. The number of carboxylic acids is 1. The number of rotatable bonds is 3. The molecule has 0 bridgehead atoms. The Balaban J connectivity index is 2.24. The molecular weight excluding hydrogens is 194 g/mol. The monoisotopic (exact) mass is 203 g/mol. The van der Waals surface area contributed by atoms with Crippen LogP contribution in [0.1, 0.15) is 5.82 Å². The zero-order chi connectivity index (χ0) is 10.7. The maximum Gasteiger partial charge on any atom is 0.311 e. The number of para-hydroxylation sites is 1. The average Bonchev–Trinajstić information content (AvgIpc) is 2.67. The highest BCUT2D eigenvalue weighted by molar-refractivity contribution is 5.68. The van der Waals surface area contributed by atoms with Crippen LogP contribution in [0.25, 0.3) is 5.69 Å². The zero-order valence-electron chi connectivity index (χ0n) is 7.87. The van der Waals surface area contributed by atoms with Crippen molar-refractivity contribution in [3.05, 3.63) is 42.5 Å². The van der Waals surface area contributed by atoms with Crippen LogP contribution < -0.4 is 0 Å². The number of hydrogen-bond donors (Lipinski definition) is 1. The van der Waals surface area contributed by atoms with Gasteiger partial charge in [-0.05, 0) is 12.1 Å². The molecule has 1 aromatic heterocycles. The number of aliphatic carboxylic acids is 1. The van der Waals surface area contributed by atoms with Crippen LogP contribution >= 0.6 is 0 Å². The van der Waals surface area contributed by atoms with Gasteiger partial charge in [-0.15, -0.1) is 0 Å². The van der Waals surface area contributed by atoms with Crippen LogP contribution in [0, 0.1) is 0 Å². The van der Waals surface area contributed by atoms with E-state index in [1.54, 1.807) is 4.68 Å². The Hall–Kier alpha value is -2.17. The van der Waals surface area contributed by atoms with E-state index in [-0.39, 0.29) is 6.42 Å². The van der Waals surface area contributed by atoms with Crippen LogP contribution in [0.15, 0.2) is 36.7 Å². The third kappa shape index (κ3) is 2.19. The van der Waals surface area contributed by atoms with Gasteiger partial charge in [0.15, 0.2) is 5.82 Å². The highest BCUT2D eigenvalue weighted by atomic mass is 16.4. The molecule has 0 aliphatic heterocycles. The largest absolute Gasteiger partial charge is 0.481 e. The Morgan fingerprint density at radius 3 is 2.73 bits per heavy atom. The van der Waals surface area contributed by atoms with Gasteiger partial charge in [0.05, 0.1) is 5.69 Å². The van der Waals surface area contributed by atoms with E-state index in [0.717, 1.165) is 5.69 Å². The van der Waals surface area contributed by atoms with Crippen LogP contribution in [0.3, 0.4) is 0 Å². The number of nitrogens with zero attached hydrogens (tertiary/aromatic N) is 3. The summed E-state index contributed by atoms with van der Waals surface area (Å²) in [7, 11) is 0. The van der Waals surface area contributed by atoms with E-state index in [0.29, 0.717) is 5.82 Å². The summed E-state index contributed by atoms with van der Waals surface area (Å²) in [5, 5.41) is 12.6. The predicted octanol–water partition coefficient (Wildman–Crippen LogP) is 0.894. The number of hydrogen-bond acceptors (Lipinski definition) is 3. The summed E-state index contributed by atoms with van der Waals surface area (Å²) in [6, 6.07) is 9.42. The summed E-state index contributed by atoms with van der Waals surface area (Å²) in [6.45, 7) is 0. The van der Waals surface area contributed by atoms with E-state index in [4.69, 9.17) is 5.11 Å². The molecule has 0 saturated carbocycles. The molecule has 0 spiro atoms. The number of aromatic nitrogens is 3. The third-order valence-corrected chi connectivity index (χ3v) is 1.87. The highest BCUT2D eigenvalue weighted by Gasteiger charge is 2.06. The Morgan fingerprint density at radius 2 is 2.07 bits per heavy atom. The molecule has 1 heterocycles. The number of carbonyl (C=O) groups is 1. The molecule has 0 radical (unpaired) electrons. The first-order valence-electron chi connectivity index (χ1n) is 4.43. The molecule has 76 valence electrons. The van der Waals surface area contributed by atoms with Crippen molar-refractivity contribution in [2.45, 2.75) is 6.42 Å². The molecule has 0 aliphatic carbocycles. The molecule has 5 nitrogen and oxygen atoms in total. The summed E-state index contributed by atoms with van der Waals surface area (Å²) < 4.78 is 1.55. The van der Waals surface area contributed by atoms with Gasteiger partial charge >= 0.3 is 5.97 Å². The van der Waals surface area contributed by atoms with Crippen LogP contribution in [0.2, 0.25) is 0 Å². The molecule has 0 unspecified atom stereocenters. The first kappa shape index (κ1) is 9.39. The maximum atomic E-state index is 10.4. The standard InChI is InChI=1S/C10H9N3O2/c14-10(15)6-9-11-7-13(12-9)8-4-2-1-3-5-8/h1-5,7H,6H2,(H,14,15). The minimum absolute atomic E-state index is 0.153. The third-order valence-electron chi connectivity index (χ3n) is 1.87. The molecular formula is C10H9N3O2. The summed E-state index contributed by atoms with van der Waals surface area (Å²) in [6.07, 6.45) is 1.35. The van der Waals surface area contributed by atoms with Crippen LogP contribution in [0.5, 0.6) is 0 Å². The molecule has 5 heteroatoms. The first-order valence-corrected chi connectivity index (χ1v) is 4.43. The fourth-order valence-electron chi connectivity index (χ4n) is 1.22. The molecule has 0 amide bonds. The highest BCUT2D eigenvalue weighted by Crippen LogP contribution is 2.04. The minimum atomic E-state index is -0.930. The van der Waals surface area contributed by atoms with Crippen molar-refractivity contribution in [3.8, 4) is 5.69 Å². The molecule has 0 saturated heterocycles. The fourth-order valence-corrected chi connectivity index (χ4v) is 1.22. The molecule has 1 aromatic carbocycles. The molecule has 2 aromatic rings. The SMILES string of the molecule is O=C(O)Cc1ncn(-c2ccccc2)n1. The average molecular weight is 203 g/mol. The van der Waals surface area contributed by atoms with Gasteiger partial charge in [-0.2, -0.15) is 5.10 Å². The van der Waals surface area contributed by atoms with Crippen molar-refractivity contribution in [2.24, 2.45) is 0 Å². The van der Waals surface area contributed by atoms with E-state index in [9.17, 15) is 4.79 Å². The van der Waals surface area contributed by atoms with E-state index >= 15 is 0 Å². The quantitative estimate of drug-likeness (QED) is 0.804. The number of carboxylic acid groups (broad SMARTS) is 1. The zero-order valence-corrected chi connectivity index (χ0v) is 7.87. The van der Waals surface area contributed by atoms with Crippen molar-refractivity contribution in [1.82, 2.24) is 14.8 Å².